The predicted octanol–water partition coefficient (Wildman–Crippen LogP) is 5.03. The van der Waals surface area contributed by atoms with Gasteiger partial charge in [0.1, 0.15) is 11.6 Å². The molecule has 2 unspecified atom stereocenters. The third-order valence-electron chi connectivity index (χ3n) is 5.85. The average molecular weight is 384 g/mol. The van der Waals surface area contributed by atoms with Crippen LogP contribution in [-0.2, 0) is 4.79 Å². The zero-order valence-corrected chi connectivity index (χ0v) is 14.5. The van der Waals surface area contributed by atoms with Crippen molar-refractivity contribution in [2.75, 3.05) is 5.32 Å². The van der Waals surface area contributed by atoms with Gasteiger partial charge in [-0.2, -0.15) is 0 Å². The van der Waals surface area contributed by atoms with E-state index < -0.39 is 11.6 Å². The van der Waals surface area contributed by atoms with E-state index in [9.17, 15) is 13.6 Å². The second-order valence-corrected chi connectivity index (χ2v) is 9.64. The number of anilines is 1. The van der Waals surface area contributed by atoms with Crippen molar-refractivity contribution in [2.45, 2.75) is 49.3 Å². The molecule has 4 fully saturated rings. The number of halogens is 3. The summed E-state index contributed by atoms with van der Waals surface area (Å²) in [5, 5.41) is 2.63. The van der Waals surface area contributed by atoms with E-state index in [1.54, 1.807) is 0 Å². The topological polar surface area (TPSA) is 29.1 Å². The average Bonchev–Trinajstić information content (AvgIpc) is 2.38. The Balaban J connectivity index is 1.48. The SMILES string of the molecule is O=C(CC12C[C@@H]3C[C@@H](CC(Br)(C3)C1)C2)Nc1ccc(F)cc1F. The van der Waals surface area contributed by atoms with Crippen molar-refractivity contribution in [1.29, 1.82) is 0 Å². The van der Waals surface area contributed by atoms with Gasteiger partial charge in [-0.15, -0.1) is 0 Å². The third-order valence-corrected chi connectivity index (χ3v) is 6.78. The smallest absolute Gasteiger partial charge is 0.225 e. The van der Waals surface area contributed by atoms with E-state index in [2.05, 4.69) is 21.2 Å². The molecular formula is C18H20BrF2NO. The molecule has 4 saturated carbocycles. The number of alkyl halides is 1. The van der Waals surface area contributed by atoms with Gasteiger partial charge in [-0.05, 0) is 67.9 Å². The van der Waals surface area contributed by atoms with Crippen LogP contribution in [0.1, 0.15) is 44.9 Å². The molecule has 0 aliphatic heterocycles. The molecule has 4 aliphatic rings. The minimum absolute atomic E-state index is 0.0498. The number of nitrogens with one attached hydrogen (secondary N) is 1. The van der Waals surface area contributed by atoms with E-state index in [0.717, 1.165) is 31.4 Å². The van der Waals surface area contributed by atoms with Crippen molar-refractivity contribution in [1.82, 2.24) is 0 Å². The summed E-state index contributed by atoms with van der Waals surface area (Å²) in [7, 11) is 0. The van der Waals surface area contributed by atoms with Gasteiger partial charge in [-0.1, -0.05) is 15.9 Å². The lowest BCUT2D eigenvalue weighted by Gasteiger charge is -2.60. The first-order valence-corrected chi connectivity index (χ1v) is 9.08. The minimum Gasteiger partial charge on any atom is -0.324 e. The van der Waals surface area contributed by atoms with Crippen molar-refractivity contribution in [2.24, 2.45) is 17.3 Å². The Hall–Kier alpha value is -0.970. The summed E-state index contributed by atoms with van der Waals surface area (Å²) in [6, 6.07) is 3.25. The number of carbonyl (C=O) groups is 1. The highest BCUT2D eigenvalue weighted by molar-refractivity contribution is 9.10. The van der Waals surface area contributed by atoms with E-state index in [0.29, 0.717) is 18.3 Å². The summed E-state index contributed by atoms with van der Waals surface area (Å²) in [5.41, 5.74) is 0.114. The van der Waals surface area contributed by atoms with Gasteiger partial charge in [0.15, 0.2) is 0 Å². The molecule has 4 bridgehead atoms. The van der Waals surface area contributed by atoms with Crippen LogP contribution in [0.4, 0.5) is 14.5 Å². The molecule has 5 heteroatoms. The zero-order valence-electron chi connectivity index (χ0n) is 12.9. The fourth-order valence-electron chi connectivity index (χ4n) is 5.67. The monoisotopic (exact) mass is 383 g/mol. The van der Waals surface area contributed by atoms with Gasteiger partial charge in [0.05, 0.1) is 5.69 Å². The molecule has 2 nitrogen and oxygen atoms in total. The molecule has 1 N–H and O–H groups in total. The quantitative estimate of drug-likeness (QED) is 0.728. The molecule has 124 valence electrons. The summed E-state index contributed by atoms with van der Waals surface area (Å²) < 4.78 is 26.9. The van der Waals surface area contributed by atoms with Crippen LogP contribution >= 0.6 is 15.9 Å². The Morgan fingerprint density at radius 1 is 1.22 bits per heavy atom. The Kier molecular flexibility index (Phi) is 3.56. The number of rotatable bonds is 3. The van der Waals surface area contributed by atoms with Crippen LogP contribution in [0, 0.1) is 28.9 Å². The second-order valence-electron chi connectivity index (χ2n) is 7.96. The first-order chi connectivity index (χ1) is 10.8. The standard InChI is InChI=1S/C18H20BrF2NO/c19-18-7-11-3-12(8-18)6-17(5-11,10-18)9-16(23)22-15-2-1-13(20)4-14(15)21/h1-2,4,11-12H,3,5-10H2,(H,22,23)/t11-,12+,17?,18?. The van der Waals surface area contributed by atoms with E-state index in [1.165, 1.54) is 25.3 Å². The third kappa shape index (κ3) is 2.92. The van der Waals surface area contributed by atoms with Gasteiger partial charge in [-0.25, -0.2) is 8.78 Å². The number of amides is 1. The Labute approximate surface area is 143 Å². The van der Waals surface area contributed by atoms with E-state index >= 15 is 0 Å². The summed E-state index contributed by atoms with van der Waals surface area (Å²) >= 11 is 3.94. The highest BCUT2D eigenvalue weighted by Crippen LogP contribution is 2.65. The van der Waals surface area contributed by atoms with Crippen LogP contribution in [0.2, 0.25) is 0 Å². The van der Waals surface area contributed by atoms with Gasteiger partial charge >= 0.3 is 0 Å². The van der Waals surface area contributed by atoms with Crippen LogP contribution in [0.25, 0.3) is 0 Å². The fraction of sp³-hybridized carbons (Fsp3) is 0.611. The molecule has 0 aromatic heterocycles. The van der Waals surface area contributed by atoms with Crippen LogP contribution < -0.4 is 5.32 Å². The van der Waals surface area contributed by atoms with Crippen molar-refractivity contribution >= 4 is 27.5 Å². The van der Waals surface area contributed by atoms with Gasteiger partial charge in [0, 0.05) is 16.8 Å². The molecule has 0 spiro atoms. The van der Waals surface area contributed by atoms with Gasteiger partial charge in [0.25, 0.3) is 0 Å². The maximum absolute atomic E-state index is 13.7. The first kappa shape index (κ1) is 15.6. The van der Waals surface area contributed by atoms with Crippen molar-refractivity contribution in [3.8, 4) is 0 Å². The Morgan fingerprint density at radius 3 is 2.52 bits per heavy atom. The Bertz CT molecular complexity index is 648. The van der Waals surface area contributed by atoms with Gasteiger partial charge in [-0.3, -0.25) is 4.79 Å². The Morgan fingerprint density at radius 2 is 1.91 bits per heavy atom. The molecule has 4 atom stereocenters. The molecule has 1 aromatic rings. The van der Waals surface area contributed by atoms with Gasteiger partial charge < -0.3 is 5.32 Å². The summed E-state index contributed by atoms with van der Waals surface area (Å²) in [6.07, 6.45) is 7.42. The lowest BCUT2D eigenvalue weighted by Crippen LogP contribution is -2.53. The maximum Gasteiger partial charge on any atom is 0.225 e. The normalized spacial score (nSPS) is 37.9. The van der Waals surface area contributed by atoms with Gasteiger partial charge in [0.2, 0.25) is 5.91 Å². The summed E-state index contributed by atoms with van der Waals surface area (Å²) in [4.78, 5) is 12.5. The summed E-state index contributed by atoms with van der Waals surface area (Å²) in [6.45, 7) is 0. The molecule has 0 heterocycles. The zero-order chi connectivity index (χ0) is 16.2. The molecule has 0 radical (unpaired) electrons. The number of benzene rings is 1. The molecule has 1 amide bonds. The second kappa shape index (κ2) is 5.27. The fourth-order valence-corrected chi connectivity index (χ4v) is 7.18. The molecule has 0 saturated heterocycles. The number of hydrogen-bond acceptors (Lipinski definition) is 1. The van der Waals surface area contributed by atoms with E-state index in [4.69, 9.17) is 0 Å². The first-order valence-electron chi connectivity index (χ1n) is 8.29. The lowest BCUT2D eigenvalue weighted by atomic mass is 9.48. The number of hydrogen-bond donors (Lipinski definition) is 1. The highest BCUT2D eigenvalue weighted by Gasteiger charge is 2.57. The van der Waals surface area contributed by atoms with Crippen LogP contribution in [0.5, 0.6) is 0 Å². The largest absolute Gasteiger partial charge is 0.324 e. The highest BCUT2D eigenvalue weighted by atomic mass is 79.9. The molecule has 4 aliphatic carbocycles. The molecular weight excluding hydrogens is 364 g/mol. The van der Waals surface area contributed by atoms with E-state index in [-0.39, 0.29) is 21.3 Å². The molecule has 23 heavy (non-hydrogen) atoms. The van der Waals surface area contributed by atoms with Crippen molar-refractivity contribution in [3.63, 3.8) is 0 Å². The summed E-state index contributed by atoms with van der Waals surface area (Å²) in [5.74, 6) is -0.0887. The van der Waals surface area contributed by atoms with Crippen LogP contribution in [0.15, 0.2) is 18.2 Å². The minimum atomic E-state index is -0.721. The van der Waals surface area contributed by atoms with Crippen molar-refractivity contribution in [3.05, 3.63) is 29.8 Å². The maximum atomic E-state index is 13.7. The number of carbonyl (C=O) groups excluding carboxylic acids is 1. The van der Waals surface area contributed by atoms with E-state index in [1.807, 2.05) is 0 Å². The lowest BCUT2D eigenvalue weighted by molar-refractivity contribution is -0.123. The predicted molar refractivity (Wildman–Crippen MR) is 88.4 cm³/mol. The molecule has 5 rings (SSSR count). The van der Waals surface area contributed by atoms with Crippen LogP contribution in [-0.4, -0.2) is 10.2 Å². The molecule has 1 aromatic carbocycles. The van der Waals surface area contributed by atoms with Crippen molar-refractivity contribution < 1.29 is 13.6 Å². The van der Waals surface area contributed by atoms with Crippen LogP contribution in [0.3, 0.4) is 0 Å².